The van der Waals surface area contributed by atoms with Crippen LogP contribution < -0.4 is 0 Å². The number of aliphatic hydroxyl groups is 1. The number of piperazine rings is 1. The monoisotopic (exact) mass is 402 g/mol. The summed E-state index contributed by atoms with van der Waals surface area (Å²) < 4.78 is 0. The number of hydrogen-bond donors (Lipinski definition) is 2. The van der Waals surface area contributed by atoms with Crippen LogP contribution in [0.4, 0.5) is 0 Å². The van der Waals surface area contributed by atoms with E-state index in [-0.39, 0.29) is 5.91 Å². The molecule has 2 N–H and O–H groups in total. The van der Waals surface area contributed by atoms with Crippen molar-refractivity contribution in [2.45, 2.75) is 25.4 Å². The molecule has 30 heavy (non-hydrogen) atoms. The Morgan fingerprint density at radius 1 is 1.07 bits per heavy atom. The lowest BCUT2D eigenvalue weighted by Gasteiger charge is -2.38. The van der Waals surface area contributed by atoms with Crippen LogP contribution in [-0.4, -0.2) is 62.8 Å². The summed E-state index contributed by atoms with van der Waals surface area (Å²) in [4.78, 5) is 17.0. The van der Waals surface area contributed by atoms with Crippen molar-refractivity contribution in [1.82, 2.24) is 20.0 Å². The number of carbonyl (C=O) groups excluding carboxylic acids is 1. The van der Waals surface area contributed by atoms with Gasteiger partial charge in [0.25, 0.3) is 5.91 Å². The molecule has 1 aliphatic carbocycles. The maximum absolute atomic E-state index is 13.0. The summed E-state index contributed by atoms with van der Waals surface area (Å²) in [5, 5.41) is 18.9. The Bertz CT molecular complexity index is 1120. The normalized spacial score (nSPS) is 17.9. The summed E-state index contributed by atoms with van der Waals surface area (Å²) in [7, 11) is 0. The molecular formula is C24H26N4O2. The van der Waals surface area contributed by atoms with Gasteiger partial charge < -0.3 is 14.9 Å². The number of amides is 1. The second-order valence-corrected chi connectivity index (χ2v) is 8.39. The van der Waals surface area contributed by atoms with E-state index in [9.17, 15) is 9.90 Å². The summed E-state index contributed by atoms with van der Waals surface area (Å²) in [6.07, 6.45) is 1.59. The summed E-state index contributed by atoms with van der Waals surface area (Å²) in [6.45, 7) is 8.79. The van der Waals surface area contributed by atoms with Gasteiger partial charge in [-0.25, -0.2) is 0 Å². The van der Waals surface area contributed by atoms with E-state index in [1.807, 2.05) is 42.2 Å². The van der Waals surface area contributed by atoms with Gasteiger partial charge in [0.1, 0.15) is 11.1 Å². The highest BCUT2D eigenvalue weighted by atomic mass is 16.3. The maximum atomic E-state index is 13.0. The molecule has 6 nitrogen and oxygen atoms in total. The highest BCUT2D eigenvalue weighted by Gasteiger charge is 2.45. The zero-order valence-electron chi connectivity index (χ0n) is 17.2. The Morgan fingerprint density at radius 2 is 1.73 bits per heavy atom. The molecule has 154 valence electrons. The first kappa shape index (κ1) is 18.9. The van der Waals surface area contributed by atoms with E-state index < -0.39 is 5.60 Å². The van der Waals surface area contributed by atoms with Crippen molar-refractivity contribution in [2.75, 3.05) is 26.2 Å². The quantitative estimate of drug-likeness (QED) is 0.702. The highest BCUT2D eigenvalue weighted by molar-refractivity contribution is 5.97. The molecule has 3 aromatic rings. The van der Waals surface area contributed by atoms with Crippen molar-refractivity contribution >= 4 is 16.8 Å². The maximum Gasteiger partial charge on any atom is 0.253 e. The molecule has 0 spiro atoms. The number of nitrogens with one attached hydrogen (secondary N) is 1. The van der Waals surface area contributed by atoms with Crippen LogP contribution in [0.5, 0.6) is 0 Å². The minimum Gasteiger partial charge on any atom is -0.384 e. The number of benzene rings is 2. The summed E-state index contributed by atoms with van der Waals surface area (Å²) >= 11 is 0. The van der Waals surface area contributed by atoms with Crippen molar-refractivity contribution < 1.29 is 9.90 Å². The van der Waals surface area contributed by atoms with Crippen LogP contribution in [0.2, 0.25) is 0 Å². The van der Waals surface area contributed by atoms with Crippen LogP contribution in [0.15, 0.2) is 54.7 Å². The highest BCUT2D eigenvalue weighted by Crippen LogP contribution is 2.42. The van der Waals surface area contributed by atoms with Crippen molar-refractivity contribution in [3.8, 4) is 11.1 Å². The van der Waals surface area contributed by atoms with E-state index >= 15 is 0 Å². The van der Waals surface area contributed by atoms with E-state index in [2.05, 4.69) is 33.8 Å². The molecule has 1 saturated carbocycles. The van der Waals surface area contributed by atoms with E-state index in [4.69, 9.17) is 0 Å². The fourth-order valence-corrected chi connectivity index (χ4v) is 4.26. The van der Waals surface area contributed by atoms with Crippen molar-refractivity contribution in [1.29, 1.82) is 0 Å². The Balaban J connectivity index is 1.29. The van der Waals surface area contributed by atoms with Gasteiger partial charge in [-0.3, -0.25) is 9.89 Å². The number of hydrogen-bond acceptors (Lipinski definition) is 4. The molecule has 5 rings (SSSR count). The molecule has 1 amide bonds. The molecule has 1 aliphatic heterocycles. The van der Waals surface area contributed by atoms with Gasteiger partial charge in [-0.05, 0) is 37.5 Å². The number of carbonyl (C=O) groups is 1. The third kappa shape index (κ3) is 3.17. The predicted molar refractivity (Wildman–Crippen MR) is 117 cm³/mol. The second kappa shape index (κ2) is 6.99. The largest absolute Gasteiger partial charge is 0.384 e. The number of fused-ring (bicyclic) bond motifs is 1. The first-order valence-corrected chi connectivity index (χ1v) is 10.5. The van der Waals surface area contributed by atoms with Gasteiger partial charge in [0.05, 0.1) is 0 Å². The predicted octanol–water partition coefficient (Wildman–Crippen LogP) is 3.33. The molecule has 1 aromatic heterocycles. The van der Waals surface area contributed by atoms with Gasteiger partial charge in [-0.2, -0.15) is 5.10 Å². The molecule has 0 atom stereocenters. The van der Waals surface area contributed by atoms with Crippen molar-refractivity contribution in [2.24, 2.45) is 0 Å². The minimum absolute atomic E-state index is 0.0470. The molecule has 2 heterocycles. The molecule has 2 fully saturated rings. The molecule has 2 aromatic carbocycles. The lowest BCUT2D eigenvalue weighted by Crippen LogP contribution is -2.49. The zero-order chi connectivity index (χ0) is 20.9. The van der Waals surface area contributed by atoms with Gasteiger partial charge >= 0.3 is 0 Å². The lowest BCUT2D eigenvalue weighted by atomic mass is 10.0. The molecule has 0 radical (unpaired) electrons. The van der Waals surface area contributed by atoms with Crippen LogP contribution in [0.1, 0.15) is 28.9 Å². The van der Waals surface area contributed by atoms with Gasteiger partial charge in [-0.15, -0.1) is 0 Å². The van der Waals surface area contributed by atoms with Crippen LogP contribution in [0.25, 0.3) is 22.0 Å². The minimum atomic E-state index is -0.697. The molecule has 6 heteroatoms. The molecule has 1 saturated heterocycles. The first-order chi connectivity index (χ1) is 14.5. The molecule has 2 aliphatic rings. The van der Waals surface area contributed by atoms with Gasteiger partial charge in [0.2, 0.25) is 0 Å². The molecule has 0 bridgehead atoms. The van der Waals surface area contributed by atoms with E-state index in [1.54, 1.807) is 0 Å². The third-order valence-corrected chi connectivity index (χ3v) is 6.43. The van der Waals surface area contributed by atoms with Gasteiger partial charge in [0, 0.05) is 54.1 Å². The fourth-order valence-electron chi connectivity index (χ4n) is 4.26. The average molecular weight is 402 g/mol. The van der Waals surface area contributed by atoms with Gasteiger partial charge in [0.15, 0.2) is 0 Å². The van der Waals surface area contributed by atoms with E-state index in [0.29, 0.717) is 31.7 Å². The number of aromatic nitrogens is 2. The van der Waals surface area contributed by atoms with E-state index in [0.717, 1.165) is 46.3 Å². The summed E-state index contributed by atoms with van der Waals surface area (Å²) in [5.74, 6) is 0.0470. The SMILES string of the molecule is C=C(N1CCN(C(=O)c2ccc(-c3cccc4c(C)[nH]nc34)cc2)CC1)C1(O)CC1. The van der Waals surface area contributed by atoms with Crippen molar-refractivity contribution in [3.05, 3.63) is 66.0 Å². The number of aryl methyl sites for hydroxylation is 1. The first-order valence-electron chi connectivity index (χ1n) is 10.5. The molecule has 0 unspecified atom stereocenters. The van der Waals surface area contributed by atoms with Gasteiger partial charge in [-0.1, -0.05) is 36.9 Å². The Hall–Kier alpha value is -3.12. The zero-order valence-corrected chi connectivity index (χ0v) is 17.2. The number of nitrogens with zero attached hydrogens (tertiary/aromatic N) is 3. The number of para-hydroxylation sites is 1. The average Bonchev–Trinajstić information content (AvgIpc) is 3.43. The summed E-state index contributed by atoms with van der Waals surface area (Å²) in [6, 6.07) is 13.9. The van der Waals surface area contributed by atoms with Crippen LogP contribution in [-0.2, 0) is 0 Å². The van der Waals surface area contributed by atoms with E-state index in [1.165, 1.54) is 0 Å². The topological polar surface area (TPSA) is 72.5 Å². The van der Waals surface area contributed by atoms with Crippen LogP contribution in [0.3, 0.4) is 0 Å². The summed E-state index contributed by atoms with van der Waals surface area (Å²) in [5.41, 5.74) is 4.90. The van der Waals surface area contributed by atoms with Crippen molar-refractivity contribution in [3.63, 3.8) is 0 Å². The smallest absolute Gasteiger partial charge is 0.253 e. The standard InChI is InChI=1S/C24H26N4O2/c1-16-20-4-3-5-21(22(20)26-25-16)18-6-8-19(9-7-18)23(29)28-14-12-27(13-15-28)17(2)24(30)10-11-24/h3-9,30H,2,10-15H2,1H3,(H,25,26). The Morgan fingerprint density at radius 3 is 2.40 bits per heavy atom. The Kier molecular flexibility index (Phi) is 4.40. The number of aromatic amines is 1. The number of rotatable bonds is 4. The third-order valence-electron chi connectivity index (χ3n) is 6.43. The second-order valence-electron chi connectivity index (χ2n) is 8.39. The van der Waals surface area contributed by atoms with Crippen LogP contribution >= 0.6 is 0 Å². The lowest BCUT2D eigenvalue weighted by molar-refractivity contribution is 0.0622. The number of H-pyrrole nitrogens is 1. The fraction of sp³-hybridized carbons (Fsp3) is 0.333. The van der Waals surface area contributed by atoms with Crippen LogP contribution in [0, 0.1) is 6.92 Å². The Labute approximate surface area is 175 Å². The molecular weight excluding hydrogens is 376 g/mol.